The fraction of sp³-hybridized carbons (Fsp3) is 0.556. The lowest BCUT2D eigenvalue weighted by molar-refractivity contribution is 0.0672. The van der Waals surface area contributed by atoms with Crippen molar-refractivity contribution in [2.24, 2.45) is 0 Å². The van der Waals surface area contributed by atoms with Gasteiger partial charge in [-0.3, -0.25) is 4.79 Å². The highest BCUT2D eigenvalue weighted by molar-refractivity contribution is 5.94. The van der Waals surface area contributed by atoms with Crippen LogP contribution in [-0.4, -0.2) is 56.2 Å². The lowest BCUT2D eigenvalue weighted by atomic mass is 10.0. The lowest BCUT2D eigenvalue weighted by Gasteiger charge is -2.32. The molecule has 0 radical (unpaired) electrons. The van der Waals surface area contributed by atoms with E-state index in [-0.39, 0.29) is 11.9 Å². The van der Waals surface area contributed by atoms with Crippen LogP contribution in [0.4, 0.5) is 5.82 Å². The molecular formula is C18H26N6O. The largest absolute Gasteiger partial charge is 0.354 e. The molecule has 7 nitrogen and oxygen atoms in total. The molecule has 1 saturated heterocycles. The van der Waals surface area contributed by atoms with Gasteiger partial charge >= 0.3 is 0 Å². The average molecular weight is 342 g/mol. The molecule has 3 heterocycles. The maximum atomic E-state index is 12.8. The Morgan fingerprint density at radius 3 is 2.84 bits per heavy atom. The minimum atomic E-state index is 0.0384. The van der Waals surface area contributed by atoms with Gasteiger partial charge in [0.1, 0.15) is 18.5 Å². The number of piperidine rings is 1. The summed E-state index contributed by atoms with van der Waals surface area (Å²) in [7, 11) is 0. The van der Waals surface area contributed by atoms with E-state index in [1.807, 2.05) is 21.7 Å². The summed E-state index contributed by atoms with van der Waals surface area (Å²) in [6.45, 7) is 8.73. The monoisotopic (exact) mass is 342 g/mol. The highest BCUT2D eigenvalue weighted by Crippen LogP contribution is 2.22. The number of aromatic nitrogens is 4. The van der Waals surface area contributed by atoms with Crippen LogP contribution in [0.3, 0.4) is 0 Å². The number of likely N-dealkylation sites (tertiary alicyclic amines) is 1. The lowest BCUT2D eigenvalue weighted by Crippen LogP contribution is -2.41. The molecule has 0 N–H and O–H groups in total. The van der Waals surface area contributed by atoms with Gasteiger partial charge in [0.05, 0.1) is 11.6 Å². The standard InChI is InChI=1S/C18H26N6O/c1-4-23(14(2)3)17-8-7-15(10-20-17)18(25)22-9-5-6-16(11-22)24-13-19-12-21-24/h7-8,10,12-14,16H,4-6,9,11H2,1-3H3. The predicted octanol–water partition coefficient (Wildman–Crippen LogP) is 2.39. The fourth-order valence-corrected chi connectivity index (χ4v) is 3.42. The van der Waals surface area contributed by atoms with Crippen molar-refractivity contribution in [3.8, 4) is 0 Å². The molecule has 0 spiro atoms. The first-order chi connectivity index (χ1) is 12.1. The third kappa shape index (κ3) is 3.81. The van der Waals surface area contributed by atoms with Crippen LogP contribution in [0.15, 0.2) is 31.0 Å². The minimum Gasteiger partial charge on any atom is -0.354 e. The first-order valence-electron chi connectivity index (χ1n) is 8.96. The number of nitrogens with zero attached hydrogens (tertiary/aromatic N) is 6. The predicted molar refractivity (Wildman–Crippen MR) is 96.6 cm³/mol. The third-order valence-corrected chi connectivity index (χ3v) is 4.75. The second kappa shape index (κ2) is 7.63. The molecule has 2 aromatic heterocycles. The number of hydrogen-bond donors (Lipinski definition) is 0. The summed E-state index contributed by atoms with van der Waals surface area (Å²) in [5, 5.41) is 4.21. The zero-order chi connectivity index (χ0) is 17.8. The number of amides is 1. The molecule has 0 bridgehead atoms. The Morgan fingerprint density at radius 1 is 1.40 bits per heavy atom. The van der Waals surface area contributed by atoms with E-state index in [0.29, 0.717) is 18.2 Å². The van der Waals surface area contributed by atoms with Gasteiger partial charge in [-0.05, 0) is 45.7 Å². The molecule has 1 amide bonds. The molecule has 1 aliphatic heterocycles. The van der Waals surface area contributed by atoms with Gasteiger partial charge in [-0.2, -0.15) is 5.10 Å². The van der Waals surface area contributed by atoms with Crippen LogP contribution in [-0.2, 0) is 0 Å². The molecule has 1 aliphatic rings. The highest BCUT2D eigenvalue weighted by atomic mass is 16.2. The van der Waals surface area contributed by atoms with Crippen LogP contribution >= 0.6 is 0 Å². The molecule has 1 atom stereocenters. The fourth-order valence-electron chi connectivity index (χ4n) is 3.42. The van der Waals surface area contributed by atoms with Crippen LogP contribution in [0.2, 0.25) is 0 Å². The Bertz CT molecular complexity index is 682. The Kier molecular flexibility index (Phi) is 5.31. The van der Waals surface area contributed by atoms with Gasteiger partial charge in [0.15, 0.2) is 0 Å². The van der Waals surface area contributed by atoms with E-state index >= 15 is 0 Å². The summed E-state index contributed by atoms with van der Waals surface area (Å²) in [5.74, 6) is 0.949. The highest BCUT2D eigenvalue weighted by Gasteiger charge is 2.26. The van der Waals surface area contributed by atoms with Gasteiger partial charge in [-0.15, -0.1) is 0 Å². The van der Waals surface area contributed by atoms with E-state index in [2.05, 4.69) is 40.7 Å². The third-order valence-electron chi connectivity index (χ3n) is 4.75. The maximum Gasteiger partial charge on any atom is 0.255 e. The van der Waals surface area contributed by atoms with E-state index in [1.165, 1.54) is 6.33 Å². The van der Waals surface area contributed by atoms with Gasteiger partial charge in [-0.25, -0.2) is 14.6 Å². The molecule has 2 aromatic rings. The van der Waals surface area contributed by atoms with Crippen molar-refractivity contribution < 1.29 is 4.79 Å². The minimum absolute atomic E-state index is 0.0384. The summed E-state index contributed by atoms with van der Waals surface area (Å²) in [5.41, 5.74) is 0.641. The number of rotatable bonds is 5. The molecular weight excluding hydrogens is 316 g/mol. The van der Waals surface area contributed by atoms with Gasteiger partial charge in [0.2, 0.25) is 0 Å². The first kappa shape index (κ1) is 17.4. The van der Waals surface area contributed by atoms with E-state index in [0.717, 1.165) is 31.7 Å². The molecule has 134 valence electrons. The van der Waals surface area contributed by atoms with Crippen molar-refractivity contribution in [3.63, 3.8) is 0 Å². The van der Waals surface area contributed by atoms with Gasteiger partial charge in [0.25, 0.3) is 5.91 Å². The first-order valence-corrected chi connectivity index (χ1v) is 8.96. The van der Waals surface area contributed by atoms with Gasteiger partial charge in [-0.1, -0.05) is 0 Å². The van der Waals surface area contributed by atoms with Crippen LogP contribution in [0.1, 0.15) is 50.0 Å². The Morgan fingerprint density at radius 2 is 2.24 bits per heavy atom. The van der Waals surface area contributed by atoms with Crippen LogP contribution in [0.5, 0.6) is 0 Å². The van der Waals surface area contributed by atoms with Crippen molar-refractivity contribution in [3.05, 3.63) is 36.5 Å². The van der Waals surface area contributed by atoms with E-state index < -0.39 is 0 Å². The van der Waals surface area contributed by atoms with Crippen molar-refractivity contribution in [1.29, 1.82) is 0 Å². The Hall–Kier alpha value is -2.44. The van der Waals surface area contributed by atoms with Crippen molar-refractivity contribution in [2.45, 2.75) is 45.7 Å². The topological polar surface area (TPSA) is 67.2 Å². The van der Waals surface area contributed by atoms with Crippen molar-refractivity contribution in [2.75, 3.05) is 24.5 Å². The van der Waals surface area contributed by atoms with E-state index in [1.54, 1.807) is 12.5 Å². The van der Waals surface area contributed by atoms with Gasteiger partial charge in [0, 0.05) is 31.9 Å². The molecule has 1 unspecified atom stereocenters. The Balaban J connectivity index is 1.70. The smallest absolute Gasteiger partial charge is 0.255 e. The van der Waals surface area contributed by atoms with Crippen LogP contribution < -0.4 is 4.90 Å². The summed E-state index contributed by atoms with van der Waals surface area (Å²) in [4.78, 5) is 25.4. The second-order valence-corrected chi connectivity index (χ2v) is 6.71. The molecule has 1 fully saturated rings. The SMILES string of the molecule is CCN(c1ccc(C(=O)N2CCCC(n3cncn3)C2)cn1)C(C)C. The van der Waals surface area contributed by atoms with Crippen molar-refractivity contribution >= 4 is 11.7 Å². The van der Waals surface area contributed by atoms with E-state index in [4.69, 9.17) is 0 Å². The number of anilines is 1. The zero-order valence-corrected chi connectivity index (χ0v) is 15.2. The zero-order valence-electron chi connectivity index (χ0n) is 15.2. The number of carbonyl (C=O) groups is 1. The molecule has 25 heavy (non-hydrogen) atoms. The molecule has 3 rings (SSSR count). The summed E-state index contributed by atoms with van der Waals surface area (Å²) in [6, 6.07) is 4.40. The maximum absolute atomic E-state index is 12.8. The Labute approximate surface area is 148 Å². The molecule has 0 aromatic carbocycles. The second-order valence-electron chi connectivity index (χ2n) is 6.71. The number of carbonyl (C=O) groups excluding carboxylic acids is 1. The summed E-state index contributed by atoms with van der Waals surface area (Å²) < 4.78 is 1.85. The van der Waals surface area contributed by atoms with Crippen LogP contribution in [0, 0.1) is 0 Å². The average Bonchev–Trinajstić information content (AvgIpc) is 3.17. The number of pyridine rings is 1. The molecule has 0 aliphatic carbocycles. The molecule has 7 heteroatoms. The summed E-state index contributed by atoms with van der Waals surface area (Å²) >= 11 is 0. The number of hydrogen-bond acceptors (Lipinski definition) is 5. The van der Waals surface area contributed by atoms with Crippen molar-refractivity contribution in [1.82, 2.24) is 24.6 Å². The normalized spacial score (nSPS) is 17.8. The van der Waals surface area contributed by atoms with Gasteiger partial charge < -0.3 is 9.80 Å². The van der Waals surface area contributed by atoms with Crippen LogP contribution in [0.25, 0.3) is 0 Å². The summed E-state index contributed by atoms with van der Waals surface area (Å²) in [6.07, 6.45) is 6.95. The quantitative estimate of drug-likeness (QED) is 0.834. The van der Waals surface area contributed by atoms with E-state index in [9.17, 15) is 4.79 Å². The molecule has 0 saturated carbocycles.